The summed E-state index contributed by atoms with van der Waals surface area (Å²) in [4.78, 5) is 25.3. The summed E-state index contributed by atoms with van der Waals surface area (Å²) in [7, 11) is 2.87. The van der Waals surface area contributed by atoms with Crippen LogP contribution in [0.5, 0.6) is 11.6 Å². The Kier molecular flexibility index (Phi) is 5.09. The third-order valence-electron chi connectivity index (χ3n) is 5.25. The predicted octanol–water partition coefficient (Wildman–Crippen LogP) is 1.88. The van der Waals surface area contributed by atoms with Crippen LogP contribution < -0.4 is 26.5 Å². The van der Waals surface area contributed by atoms with Gasteiger partial charge in [0, 0.05) is 14.1 Å². The zero-order chi connectivity index (χ0) is 22.1. The second-order valence-electron chi connectivity index (χ2n) is 7.20. The Balaban J connectivity index is 1.82. The van der Waals surface area contributed by atoms with Gasteiger partial charge in [0.2, 0.25) is 11.8 Å². The predicted molar refractivity (Wildman–Crippen MR) is 113 cm³/mol. The molecule has 2 heterocycles. The SMILES string of the molecule is Cn1c2c(c(=O)n(C)c1=O)[C@@H](c1cccc(OCc3ccccc3)c1)C(C#N)=C(N)O2. The Labute approximate surface area is 178 Å². The molecule has 0 fully saturated rings. The number of hydrogen-bond acceptors (Lipinski definition) is 6. The molecule has 0 radical (unpaired) electrons. The number of nitrogens with two attached hydrogens (primary N) is 1. The van der Waals surface area contributed by atoms with E-state index in [1.807, 2.05) is 30.3 Å². The summed E-state index contributed by atoms with van der Waals surface area (Å²) in [5.74, 6) is -0.324. The first-order valence-corrected chi connectivity index (χ1v) is 9.56. The third kappa shape index (κ3) is 3.46. The number of nitrogens with zero attached hydrogens (tertiary/aromatic N) is 3. The van der Waals surface area contributed by atoms with E-state index in [4.69, 9.17) is 15.2 Å². The maximum absolute atomic E-state index is 13.0. The molecule has 0 saturated heterocycles. The number of allylic oxidation sites excluding steroid dienone is 1. The van der Waals surface area contributed by atoms with Crippen molar-refractivity contribution in [2.45, 2.75) is 12.5 Å². The summed E-state index contributed by atoms with van der Waals surface area (Å²) in [5.41, 5.74) is 6.82. The van der Waals surface area contributed by atoms with E-state index >= 15 is 0 Å². The molecule has 1 atom stereocenters. The molecule has 3 aromatic rings. The van der Waals surface area contributed by atoms with Crippen molar-refractivity contribution >= 4 is 0 Å². The van der Waals surface area contributed by atoms with Gasteiger partial charge >= 0.3 is 5.69 Å². The maximum Gasteiger partial charge on any atom is 0.333 e. The molecule has 0 aliphatic carbocycles. The molecule has 0 amide bonds. The van der Waals surface area contributed by atoms with E-state index in [2.05, 4.69) is 6.07 Å². The highest BCUT2D eigenvalue weighted by Gasteiger charge is 2.36. The highest BCUT2D eigenvalue weighted by atomic mass is 16.5. The van der Waals surface area contributed by atoms with Crippen LogP contribution in [-0.4, -0.2) is 9.13 Å². The second-order valence-corrected chi connectivity index (χ2v) is 7.20. The molecular formula is C23H20N4O4. The number of benzene rings is 2. The van der Waals surface area contributed by atoms with E-state index in [0.29, 0.717) is 17.9 Å². The molecular weight excluding hydrogens is 396 g/mol. The van der Waals surface area contributed by atoms with Crippen molar-refractivity contribution in [3.63, 3.8) is 0 Å². The number of aromatic nitrogens is 2. The molecule has 8 nitrogen and oxygen atoms in total. The van der Waals surface area contributed by atoms with Gasteiger partial charge in [0.1, 0.15) is 24.0 Å². The lowest BCUT2D eigenvalue weighted by molar-refractivity contribution is 0.305. The van der Waals surface area contributed by atoms with Crippen LogP contribution in [0.4, 0.5) is 0 Å². The zero-order valence-corrected chi connectivity index (χ0v) is 17.0. The second kappa shape index (κ2) is 7.88. The summed E-state index contributed by atoms with van der Waals surface area (Å²) >= 11 is 0. The lowest BCUT2D eigenvalue weighted by Crippen LogP contribution is -2.42. The topological polar surface area (TPSA) is 112 Å². The van der Waals surface area contributed by atoms with Gasteiger partial charge in [0.05, 0.1) is 11.5 Å². The van der Waals surface area contributed by atoms with E-state index < -0.39 is 17.2 Å². The molecule has 0 bridgehead atoms. The first-order chi connectivity index (χ1) is 14.9. The van der Waals surface area contributed by atoms with Crippen molar-refractivity contribution in [3.8, 4) is 17.7 Å². The summed E-state index contributed by atoms with van der Waals surface area (Å²) < 4.78 is 13.6. The average Bonchev–Trinajstić information content (AvgIpc) is 2.80. The molecule has 8 heteroatoms. The van der Waals surface area contributed by atoms with Crippen LogP contribution in [0, 0.1) is 11.3 Å². The van der Waals surface area contributed by atoms with Gasteiger partial charge in [-0.3, -0.25) is 13.9 Å². The van der Waals surface area contributed by atoms with E-state index in [1.165, 1.54) is 18.7 Å². The minimum atomic E-state index is -0.792. The summed E-state index contributed by atoms with van der Waals surface area (Å²) in [6, 6.07) is 18.9. The van der Waals surface area contributed by atoms with Crippen molar-refractivity contribution in [2.24, 2.45) is 19.8 Å². The van der Waals surface area contributed by atoms with E-state index in [9.17, 15) is 14.9 Å². The molecule has 1 aliphatic heterocycles. The smallest absolute Gasteiger partial charge is 0.333 e. The van der Waals surface area contributed by atoms with E-state index in [1.54, 1.807) is 24.3 Å². The van der Waals surface area contributed by atoms with Crippen LogP contribution in [0.25, 0.3) is 0 Å². The molecule has 0 spiro atoms. The van der Waals surface area contributed by atoms with Gasteiger partial charge in [0.15, 0.2) is 0 Å². The monoisotopic (exact) mass is 416 g/mol. The van der Waals surface area contributed by atoms with Crippen LogP contribution in [0.2, 0.25) is 0 Å². The van der Waals surface area contributed by atoms with Gasteiger partial charge in [-0.1, -0.05) is 42.5 Å². The van der Waals surface area contributed by atoms with Crippen molar-refractivity contribution < 1.29 is 9.47 Å². The molecule has 31 heavy (non-hydrogen) atoms. The van der Waals surface area contributed by atoms with Gasteiger partial charge in [-0.15, -0.1) is 0 Å². The first kappa shape index (κ1) is 20.0. The molecule has 156 valence electrons. The molecule has 4 rings (SSSR count). The van der Waals surface area contributed by atoms with Crippen LogP contribution in [0.3, 0.4) is 0 Å². The van der Waals surface area contributed by atoms with Crippen LogP contribution in [-0.2, 0) is 20.7 Å². The Hall–Kier alpha value is -4.25. The first-order valence-electron chi connectivity index (χ1n) is 9.56. The Morgan fingerprint density at radius 2 is 1.84 bits per heavy atom. The quantitative estimate of drug-likeness (QED) is 0.695. The number of ether oxygens (including phenoxy) is 2. The minimum Gasteiger partial charge on any atom is -0.489 e. The largest absolute Gasteiger partial charge is 0.489 e. The number of hydrogen-bond donors (Lipinski definition) is 1. The molecule has 1 aromatic heterocycles. The number of nitriles is 1. The average molecular weight is 416 g/mol. The van der Waals surface area contributed by atoms with Gasteiger partial charge in [-0.25, -0.2) is 4.79 Å². The van der Waals surface area contributed by atoms with Crippen LogP contribution in [0.15, 0.2) is 75.6 Å². The molecule has 2 aromatic carbocycles. The zero-order valence-electron chi connectivity index (χ0n) is 17.0. The van der Waals surface area contributed by atoms with Gasteiger partial charge in [-0.2, -0.15) is 5.26 Å². The normalized spacial score (nSPS) is 15.1. The highest BCUT2D eigenvalue weighted by molar-refractivity contribution is 5.54. The number of rotatable bonds is 4. The van der Waals surface area contributed by atoms with E-state index in [0.717, 1.165) is 10.1 Å². The fourth-order valence-electron chi connectivity index (χ4n) is 3.65. The van der Waals surface area contributed by atoms with Crippen molar-refractivity contribution in [1.29, 1.82) is 5.26 Å². The Morgan fingerprint density at radius 3 is 2.55 bits per heavy atom. The molecule has 0 unspecified atom stereocenters. The molecule has 2 N–H and O–H groups in total. The highest BCUT2D eigenvalue weighted by Crippen LogP contribution is 2.40. The number of fused-ring (bicyclic) bond motifs is 1. The minimum absolute atomic E-state index is 0.0326. The van der Waals surface area contributed by atoms with Crippen LogP contribution >= 0.6 is 0 Å². The molecule has 0 saturated carbocycles. The summed E-state index contributed by atoms with van der Waals surface area (Å²) in [5, 5.41) is 9.75. The third-order valence-corrected chi connectivity index (χ3v) is 5.25. The standard InChI is InChI=1S/C23H20N4O4/c1-26-21(28)19-18(17(12-24)20(25)31-22(19)27(2)23(26)29)15-9-6-10-16(11-15)30-13-14-7-4-3-5-8-14/h3-11,18H,13,25H2,1-2H3/t18-/m0/s1. The summed E-state index contributed by atoms with van der Waals surface area (Å²) in [6.45, 7) is 0.369. The summed E-state index contributed by atoms with van der Waals surface area (Å²) in [6.07, 6.45) is 0. The lowest BCUT2D eigenvalue weighted by atomic mass is 9.85. The van der Waals surface area contributed by atoms with Crippen LogP contribution in [0.1, 0.15) is 22.6 Å². The molecule has 1 aliphatic rings. The Bertz CT molecular complexity index is 1350. The Morgan fingerprint density at radius 1 is 1.10 bits per heavy atom. The maximum atomic E-state index is 13.0. The fourth-order valence-corrected chi connectivity index (χ4v) is 3.65. The van der Waals surface area contributed by atoms with Gasteiger partial charge < -0.3 is 15.2 Å². The van der Waals surface area contributed by atoms with Crippen molar-refractivity contribution in [2.75, 3.05) is 0 Å². The van der Waals surface area contributed by atoms with E-state index in [-0.39, 0.29) is 22.9 Å². The van der Waals surface area contributed by atoms with Crippen molar-refractivity contribution in [1.82, 2.24) is 9.13 Å². The lowest BCUT2D eigenvalue weighted by Gasteiger charge is -2.27. The van der Waals surface area contributed by atoms with Gasteiger partial charge in [-0.05, 0) is 23.3 Å². The fraction of sp³-hybridized carbons (Fsp3) is 0.174. The van der Waals surface area contributed by atoms with Crippen molar-refractivity contribution in [3.05, 3.63) is 104 Å². The van der Waals surface area contributed by atoms with Gasteiger partial charge in [0.25, 0.3) is 5.56 Å².